The number of rotatable bonds is 5. The zero-order valence-corrected chi connectivity index (χ0v) is 10.5. The topological polar surface area (TPSA) is 20.2 Å². The molecule has 84 valence electrons. The van der Waals surface area contributed by atoms with Crippen molar-refractivity contribution in [3.63, 3.8) is 0 Å². The van der Waals surface area contributed by atoms with Gasteiger partial charge in [-0.2, -0.15) is 0 Å². The Morgan fingerprint density at radius 2 is 1.64 bits per heavy atom. The van der Waals surface area contributed by atoms with Crippen LogP contribution in [0.15, 0.2) is 12.2 Å². The van der Waals surface area contributed by atoms with E-state index in [-0.39, 0.29) is 6.61 Å². The summed E-state index contributed by atoms with van der Waals surface area (Å²) in [5.74, 6) is 0. The normalized spacial score (nSPS) is 13.0. The molecule has 0 unspecified atom stereocenters. The van der Waals surface area contributed by atoms with Gasteiger partial charge in [0, 0.05) is 6.61 Å². The van der Waals surface area contributed by atoms with Gasteiger partial charge in [0.05, 0.1) is 0 Å². The van der Waals surface area contributed by atoms with Gasteiger partial charge in [0.25, 0.3) is 0 Å². The summed E-state index contributed by atoms with van der Waals surface area (Å²) in [5, 5.41) is 8.81. The van der Waals surface area contributed by atoms with E-state index < -0.39 is 0 Å². The Labute approximate surface area is 89.2 Å². The Kier molecular flexibility index (Phi) is 4.87. The molecule has 1 heteroatoms. The van der Waals surface area contributed by atoms with Gasteiger partial charge in [-0.1, -0.05) is 46.8 Å². The summed E-state index contributed by atoms with van der Waals surface area (Å²) < 4.78 is 0. The molecule has 0 aromatic carbocycles. The second-order valence-electron chi connectivity index (χ2n) is 6.30. The van der Waals surface area contributed by atoms with E-state index in [2.05, 4.69) is 41.2 Å². The van der Waals surface area contributed by atoms with Crippen LogP contribution in [0, 0.1) is 10.8 Å². The van der Waals surface area contributed by atoms with Crippen LogP contribution in [0.4, 0.5) is 0 Å². The molecule has 0 aromatic heterocycles. The summed E-state index contributed by atoms with van der Waals surface area (Å²) in [4.78, 5) is 0. The first-order valence-electron chi connectivity index (χ1n) is 5.44. The van der Waals surface area contributed by atoms with Crippen molar-refractivity contribution in [2.45, 2.75) is 53.9 Å². The molecule has 0 saturated heterocycles. The lowest BCUT2D eigenvalue weighted by Crippen LogP contribution is -2.21. The fourth-order valence-electron chi connectivity index (χ4n) is 2.42. The van der Waals surface area contributed by atoms with Crippen LogP contribution in [0.1, 0.15) is 53.9 Å². The van der Waals surface area contributed by atoms with E-state index in [1.165, 1.54) is 12.0 Å². The van der Waals surface area contributed by atoms with Gasteiger partial charge in [-0.15, -0.1) is 0 Å². The zero-order chi connectivity index (χ0) is 11.4. The van der Waals surface area contributed by atoms with Gasteiger partial charge in [-0.3, -0.25) is 0 Å². The predicted molar refractivity (Wildman–Crippen MR) is 63.3 cm³/mol. The zero-order valence-electron chi connectivity index (χ0n) is 10.5. The van der Waals surface area contributed by atoms with Crippen LogP contribution in [-0.4, -0.2) is 11.7 Å². The van der Waals surface area contributed by atoms with Gasteiger partial charge in [-0.05, 0) is 30.1 Å². The smallest absolute Gasteiger partial charge is 0.0468 e. The second kappa shape index (κ2) is 4.97. The summed E-state index contributed by atoms with van der Waals surface area (Å²) in [6.45, 7) is 15.6. The molecule has 0 saturated carbocycles. The van der Waals surface area contributed by atoms with Gasteiger partial charge in [0.2, 0.25) is 0 Å². The van der Waals surface area contributed by atoms with Gasteiger partial charge in [0.1, 0.15) is 0 Å². The van der Waals surface area contributed by atoms with E-state index in [1.807, 2.05) is 0 Å². The maximum atomic E-state index is 8.81. The molecule has 0 aliphatic carbocycles. The Morgan fingerprint density at radius 1 is 1.14 bits per heavy atom. The molecule has 0 fully saturated rings. The fraction of sp³-hybridized carbons (Fsp3) is 0.846. The number of hydrogen-bond donors (Lipinski definition) is 1. The molecule has 1 nitrogen and oxygen atoms in total. The van der Waals surface area contributed by atoms with Crippen LogP contribution >= 0.6 is 0 Å². The molecule has 0 aliphatic heterocycles. The second-order valence-corrected chi connectivity index (χ2v) is 6.30. The monoisotopic (exact) mass is 198 g/mol. The predicted octanol–water partition coefficient (Wildman–Crippen LogP) is 3.78. The van der Waals surface area contributed by atoms with Crippen LogP contribution in [0.3, 0.4) is 0 Å². The van der Waals surface area contributed by atoms with Crippen molar-refractivity contribution in [2.75, 3.05) is 6.61 Å². The third-order valence-electron chi connectivity index (χ3n) is 2.20. The first-order valence-corrected chi connectivity index (χ1v) is 5.44. The van der Waals surface area contributed by atoms with Crippen molar-refractivity contribution < 1.29 is 5.11 Å². The first kappa shape index (κ1) is 13.7. The molecular formula is C13H26O. The van der Waals surface area contributed by atoms with Gasteiger partial charge < -0.3 is 5.11 Å². The lowest BCUT2D eigenvalue weighted by Gasteiger charge is -2.33. The number of aliphatic hydroxyl groups excluding tert-OH is 1. The standard InChI is InChI=1S/C13H26O/c1-11(7-8-14)9-13(5,6)10-12(2,3)4/h14H,1,7-10H2,2-6H3. The molecule has 1 N–H and O–H groups in total. The van der Waals surface area contributed by atoms with Gasteiger partial charge >= 0.3 is 0 Å². The van der Waals surface area contributed by atoms with Crippen molar-refractivity contribution in [1.82, 2.24) is 0 Å². The third-order valence-corrected chi connectivity index (χ3v) is 2.20. The highest BCUT2D eigenvalue weighted by Crippen LogP contribution is 2.37. The van der Waals surface area contributed by atoms with Crippen molar-refractivity contribution in [3.05, 3.63) is 12.2 Å². The van der Waals surface area contributed by atoms with E-state index in [0.717, 1.165) is 12.8 Å². The highest BCUT2D eigenvalue weighted by atomic mass is 16.2. The van der Waals surface area contributed by atoms with Crippen molar-refractivity contribution in [3.8, 4) is 0 Å². The minimum atomic E-state index is 0.227. The maximum Gasteiger partial charge on any atom is 0.0468 e. The molecule has 0 amide bonds. The minimum Gasteiger partial charge on any atom is -0.396 e. The molecule has 14 heavy (non-hydrogen) atoms. The summed E-state index contributed by atoms with van der Waals surface area (Å²) in [6, 6.07) is 0. The van der Waals surface area contributed by atoms with Crippen molar-refractivity contribution in [2.24, 2.45) is 10.8 Å². The van der Waals surface area contributed by atoms with Gasteiger partial charge in [0.15, 0.2) is 0 Å². The van der Waals surface area contributed by atoms with E-state index in [4.69, 9.17) is 5.11 Å². The number of hydrogen-bond acceptors (Lipinski definition) is 1. The van der Waals surface area contributed by atoms with E-state index in [9.17, 15) is 0 Å². The van der Waals surface area contributed by atoms with E-state index >= 15 is 0 Å². The minimum absolute atomic E-state index is 0.227. The summed E-state index contributed by atoms with van der Waals surface area (Å²) in [5.41, 5.74) is 1.83. The Morgan fingerprint density at radius 3 is 2.00 bits per heavy atom. The molecule has 0 atom stereocenters. The molecular weight excluding hydrogens is 172 g/mol. The van der Waals surface area contributed by atoms with Crippen LogP contribution in [-0.2, 0) is 0 Å². The highest BCUT2D eigenvalue weighted by Gasteiger charge is 2.25. The van der Waals surface area contributed by atoms with Crippen LogP contribution in [0.25, 0.3) is 0 Å². The third kappa shape index (κ3) is 7.14. The quantitative estimate of drug-likeness (QED) is 0.667. The van der Waals surface area contributed by atoms with Crippen molar-refractivity contribution >= 4 is 0 Å². The molecule has 0 rings (SSSR count). The lowest BCUT2D eigenvalue weighted by atomic mass is 9.73. The average molecular weight is 198 g/mol. The van der Waals surface area contributed by atoms with E-state index in [1.54, 1.807) is 0 Å². The average Bonchev–Trinajstić information content (AvgIpc) is 1.78. The molecule has 0 heterocycles. The van der Waals surface area contributed by atoms with Gasteiger partial charge in [-0.25, -0.2) is 0 Å². The van der Waals surface area contributed by atoms with Crippen molar-refractivity contribution in [1.29, 1.82) is 0 Å². The fourth-order valence-corrected chi connectivity index (χ4v) is 2.42. The Bertz CT molecular complexity index is 184. The molecule has 0 aliphatic rings. The first-order chi connectivity index (χ1) is 6.16. The Hall–Kier alpha value is -0.300. The highest BCUT2D eigenvalue weighted by molar-refractivity contribution is 4.99. The molecule has 0 bridgehead atoms. The maximum absolute atomic E-state index is 8.81. The lowest BCUT2D eigenvalue weighted by molar-refractivity contribution is 0.207. The molecule has 0 aromatic rings. The number of aliphatic hydroxyl groups is 1. The van der Waals surface area contributed by atoms with Crippen LogP contribution < -0.4 is 0 Å². The largest absolute Gasteiger partial charge is 0.396 e. The van der Waals surface area contributed by atoms with E-state index in [0.29, 0.717) is 10.8 Å². The summed E-state index contributed by atoms with van der Waals surface area (Å²) in [6.07, 6.45) is 2.95. The molecule has 0 spiro atoms. The molecule has 0 radical (unpaired) electrons. The Balaban J connectivity index is 4.13. The summed E-state index contributed by atoms with van der Waals surface area (Å²) in [7, 11) is 0. The van der Waals surface area contributed by atoms with Crippen LogP contribution in [0.2, 0.25) is 0 Å². The van der Waals surface area contributed by atoms with Crippen LogP contribution in [0.5, 0.6) is 0 Å². The SMILES string of the molecule is C=C(CCO)CC(C)(C)CC(C)(C)C. The summed E-state index contributed by atoms with van der Waals surface area (Å²) >= 11 is 0.